The van der Waals surface area contributed by atoms with E-state index in [1.54, 1.807) is 12.1 Å². The van der Waals surface area contributed by atoms with Crippen molar-refractivity contribution in [2.45, 2.75) is 25.7 Å². The summed E-state index contributed by atoms with van der Waals surface area (Å²) in [4.78, 5) is 24.2. The van der Waals surface area contributed by atoms with Crippen LogP contribution in [-0.4, -0.2) is 50.8 Å². The Morgan fingerprint density at radius 3 is 2.35 bits per heavy atom. The Morgan fingerprint density at radius 2 is 1.81 bits per heavy atom. The molecule has 0 bridgehead atoms. The molecule has 1 amide bonds. The van der Waals surface area contributed by atoms with Gasteiger partial charge in [-0.1, -0.05) is 0 Å². The van der Waals surface area contributed by atoms with Gasteiger partial charge in [-0.05, 0) is 24.3 Å². The summed E-state index contributed by atoms with van der Waals surface area (Å²) in [5.41, 5.74) is 0.402. The fraction of sp³-hybridized carbons (Fsp3) is 0.412. The van der Waals surface area contributed by atoms with Crippen molar-refractivity contribution in [1.82, 2.24) is 4.90 Å². The van der Waals surface area contributed by atoms with E-state index >= 15 is 0 Å². The summed E-state index contributed by atoms with van der Waals surface area (Å²) < 4.78 is 53.6. The van der Waals surface area contributed by atoms with E-state index in [4.69, 9.17) is 9.47 Å². The van der Waals surface area contributed by atoms with Gasteiger partial charge >= 0.3 is 5.97 Å². The standard InChI is InChI=1S/C17H20F3NO5/c1-24-12-5-4-11(13(8-12)25-2)10-21(15(20)7-6-14(18)19)16(22)9-17(23)26-3/h4-8,14-15H,9-10H2,1-3H3. The van der Waals surface area contributed by atoms with Crippen LogP contribution in [0.4, 0.5) is 13.2 Å². The highest BCUT2D eigenvalue weighted by molar-refractivity contribution is 5.94. The first-order valence-electron chi connectivity index (χ1n) is 7.50. The van der Waals surface area contributed by atoms with E-state index in [0.717, 1.165) is 7.11 Å². The average Bonchev–Trinajstić information content (AvgIpc) is 2.63. The first-order valence-corrected chi connectivity index (χ1v) is 7.50. The van der Waals surface area contributed by atoms with E-state index in [2.05, 4.69) is 4.74 Å². The molecule has 0 fully saturated rings. The number of benzene rings is 1. The Balaban J connectivity index is 3.11. The Bertz CT molecular complexity index is 651. The van der Waals surface area contributed by atoms with Crippen LogP contribution in [-0.2, 0) is 20.9 Å². The topological polar surface area (TPSA) is 65.1 Å². The molecule has 1 aromatic rings. The molecule has 26 heavy (non-hydrogen) atoms. The average molecular weight is 375 g/mol. The first-order chi connectivity index (χ1) is 12.3. The largest absolute Gasteiger partial charge is 0.497 e. The number of nitrogens with zero attached hydrogens (tertiary/aromatic N) is 1. The van der Waals surface area contributed by atoms with Crippen molar-refractivity contribution >= 4 is 11.9 Å². The second kappa shape index (κ2) is 10.3. The van der Waals surface area contributed by atoms with Crippen molar-refractivity contribution in [2.24, 2.45) is 0 Å². The molecule has 0 aliphatic carbocycles. The number of halogens is 3. The van der Waals surface area contributed by atoms with Crippen LogP contribution in [0.15, 0.2) is 30.4 Å². The van der Waals surface area contributed by atoms with E-state index in [9.17, 15) is 22.8 Å². The van der Waals surface area contributed by atoms with Crippen molar-refractivity contribution in [2.75, 3.05) is 21.3 Å². The second-order valence-corrected chi connectivity index (χ2v) is 5.04. The van der Waals surface area contributed by atoms with E-state index in [1.807, 2.05) is 0 Å². The molecule has 1 aromatic carbocycles. The van der Waals surface area contributed by atoms with Gasteiger partial charge in [-0.25, -0.2) is 13.2 Å². The van der Waals surface area contributed by atoms with E-state index < -0.39 is 31.0 Å². The van der Waals surface area contributed by atoms with Gasteiger partial charge in [0.2, 0.25) is 5.91 Å². The van der Waals surface area contributed by atoms with E-state index in [1.165, 1.54) is 20.3 Å². The van der Waals surface area contributed by atoms with Crippen LogP contribution in [0.3, 0.4) is 0 Å². The van der Waals surface area contributed by atoms with Gasteiger partial charge in [0.15, 0.2) is 6.30 Å². The van der Waals surface area contributed by atoms with Crippen molar-refractivity contribution in [3.8, 4) is 11.5 Å². The fourth-order valence-corrected chi connectivity index (χ4v) is 2.06. The minimum atomic E-state index is -2.87. The minimum absolute atomic E-state index is 0.308. The molecular weight excluding hydrogens is 355 g/mol. The quantitative estimate of drug-likeness (QED) is 0.287. The molecule has 0 radical (unpaired) electrons. The lowest BCUT2D eigenvalue weighted by molar-refractivity contribution is -0.148. The van der Waals surface area contributed by atoms with Gasteiger partial charge in [0.25, 0.3) is 6.43 Å². The van der Waals surface area contributed by atoms with Crippen LogP contribution >= 0.6 is 0 Å². The van der Waals surface area contributed by atoms with Crippen LogP contribution < -0.4 is 9.47 Å². The zero-order chi connectivity index (χ0) is 19.7. The summed E-state index contributed by atoms with van der Waals surface area (Å²) in [7, 11) is 3.91. The van der Waals surface area contributed by atoms with E-state index in [-0.39, 0.29) is 6.54 Å². The van der Waals surface area contributed by atoms with Crippen molar-refractivity contribution in [3.05, 3.63) is 35.9 Å². The predicted octanol–water partition coefficient (Wildman–Crippen LogP) is 2.71. The zero-order valence-corrected chi connectivity index (χ0v) is 14.6. The normalized spacial score (nSPS) is 12.1. The fourth-order valence-electron chi connectivity index (χ4n) is 2.06. The lowest BCUT2D eigenvalue weighted by atomic mass is 10.1. The van der Waals surface area contributed by atoms with Crippen LogP contribution in [0.2, 0.25) is 0 Å². The van der Waals surface area contributed by atoms with Gasteiger partial charge in [0.05, 0.1) is 27.9 Å². The number of amides is 1. The zero-order valence-electron chi connectivity index (χ0n) is 14.6. The third-order valence-electron chi connectivity index (χ3n) is 3.39. The summed E-state index contributed by atoms with van der Waals surface area (Å²) in [5, 5.41) is 0. The molecule has 1 atom stereocenters. The highest BCUT2D eigenvalue weighted by Gasteiger charge is 2.25. The van der Waals surface area contributed by atoms with Gasteiger partial charge in [-0.2, -0.15) is 0 Å². The molecule has 0 saturated carbocycles. The summed E-state index contributed by atoms with van der Waals surface area (Å²) in [5.74, 6) is -0.995. The first kappa shape index (κ1) is 21.3. The number of rotatable bonds is 9. The third kappa shape index (κ3) is 6.30. The maximum Gasteiger partial charge on any atom is 0.315 e. The molecule has 1 unspecified atom stereocenters. The van der Waals surface area contributed by atoms with E-state index in [0.29, 0.717) is 34.1 Å². The summed E-state index contributed by atoms with van der Waals surface area (Å²) in [6.45, 7) is -0.308. The van der Waals surface area contributed by atoms with Gasteiger partial charge < -0.3 is 19.1 Å². The number of hydrogen-bond donors (Lipinski definition) is 0. The number of carbonyl (C=O) groups excluding carboxylic acids is 2. The van der Waals surface area contributed by atoms with Gasteiger partial charge in [-0.15, -0.1) is 0 Å². The van der Waals surface area contributed by atoms with Crippen LogP contribution in [0.1, 0.15) is 12.0 Å². The highest BCUT2D eigenvalue weighted by Crippen LogP contribution is 2.27. The van der Waals surface area contributed by atoms with Crippen LogP contribution in [0.5, 0.6) is 11.5 Å². The molecular formula is C17H20F3NO5. The summed E-state index contributed by atoms with van der Waals surface area (Å²) in [6, 6.07) is 4.64. The number of esters is 1. The van der Waals surface area contributed by atoms with Crippen LogP contribution in [0, 0.1) is 0 Å². The predicted molar refractivity (Wildman–Crippen MR) is 86.8 cm³/mol. The van der Waals surface area contributed by atoms with Crippen molar-refractivity contribution in [1.29, 1.82) is 0 Å². The smallest absolute Gasteiger partial charge is 0.315 e. The lowest BCUT2D eigenvalue weighted by Crippen LogP contribution is -2.37. The maximum atomic E-state index is 14.4. The number of ether oxygens (including phenoxy) is 3. The van der Waals surface area contributed by atoms with Gasteiger partial charge in [0, 0.05) is 11.6 Å². The minimum Gasteiger partial charge on any atom is -0.497 e. The second-order valence-electron chi connectivity index (χ2n) is 5.04. The summed E-state index contributed by atoms with van der Waals surface area (Å²) >= 11 is 0. The third-order valence-corrected chi connectivity index (χ3v) is 3.39. The molecule has 0 saturated heterocycles. The van der Waals surface area contributed by atoms with Gasteiger partial charge in [-0.3, -0.25) is 9.59 Å². The number of allylic oxidation sites excluding steroid dienone is 1. The summed E-state index contributed by atoms with van der Waals surface area (Å²) in [6.07, 6.45) is -4.88. The Kier molecular flexibility index (Phi) is 8.47. The molecule has 9 heteroatoms. The number of carbonyl (C=O) groups is 2. The highest BCUT2D eigenvalue weighted by atomic mass is 19.3. The molecule has 0 aliphatic heterocycles. The Hall–Kier alpha value is -2.71. The molecule has 144 valence electrons. The molecule has 0 spiro atoms. The molecule has 0 aliphatic rings. The molecule has 0 heterocycles. The van der Waals surface area contributed by atoms with Crippen LogP contribution in [0.25, 0.3) is 0 Å². The van der Waals surface area contributed by atoms with Gasteiger partial charge in [0.1, 0.15) is 17.9 Å². The maximum absolute atomic E-state index is 14.4. The lowest BCUT2D eigenvalue weighted by Gasteiger charge is -2.25. The molecule has 6 nitrogen and oxygen atoms in total. The Morgan fingerprint density at radius 1 is 1.12 bits per heavy atom. The van der Waals surface area contributed by atoms with Crippen molar-refractivity contribution in [3.63, 3.8) is 0 Å². The number of methoxy groups -OCH3 is 3. The number of alkyl halides is 3. The van der Waals surface area contributed by atoms with Crippen molar-refractivity contribution < 1.29 is 37.0 Å². The molecule has 1 rings (SSSR count). The Labute approximate surface area is 149 Å². The SMILES string of the molecule is COC(=O)CC(=O)N(Cc1ccc(OC)cc1OC)C(F)C=CC(F)F. The monoisotopic (exact) mass is 375 g/mol. The molecule has 0 N–H and O–H groups in total. The molecule has 0 aromatic heterocycles. The number of hydrogen-bond acceptors (Lipinski definition) is 5.